The molecule has 0 radical (unpaired) electrons. The van der Waals surface area contributed by atoms with Crippen molar-refractivity contribution in [2.75, 3.05) is 18.0 Å². The number of nitrogens with zero attached hydrogens (tertiary/aromatic N) is 4. The molecule has 0 unspecified atom stereocenters. The summed E-state index contributed by atoms with van der Waals surface area (Å²) in [7, 11) is 0. The third-order valence-corrected chi connectivity index (χ3v) is 6.08. The zero-order chi connectivity index (χ0) is 17.0. The van der Waals surface area contributed by atoms with Gasteiger partial charge in [-0.05, 0) is 41.9 Å². The van der Waals surface area contributed by atoms with Gasteiger partial charge in [0.05, 0.1) is 18.4 Å². The van der Waals surface area contributed by atoms with E-state index < -0.39 is 0 Å². The number of hydrogen-bond donors (Lipinski definition) is 1. The van der Waals surface area contributed by atoms with E-state index in [1.807, 2.05) is 12.3 Å². The third kappa shape index (κ3) is 2.43. The summed E-state index contributed by atoms with van der Waals surface area (Å²) < 4.78 is 14.2. The van der Waals surface area contributed by atoms with Gasteiger partial charge in [-0.3, -0.25) is 4.99 Å². The number of halogens is 1. The zero-order valence-corrected chi connectivity index (χ0v) is 14.0. The smallest absolute Gasteiger partial charge is 0.147 e. The SMILES string of the molecule is C.N[C@@H]1c2cccc(F)c2CC12CCN(c1cnc3c(n1)CN=C3)CC2. The predicted octanol–water partition coefficient (Wildman–Crippen LogP) is 3.03. The number of nitrogens with two attached hydrogens (primary N) is 1. The molecule has 1 atom stereocenters. The fourth-order valence-corrected chi connectivity index (χ4v) is 4.54. The Kier molecular flexibility index (Phi) is 4.03. The standard InChI is InChI=1S/C19H20FN5.CH4/c20-14-3-1-2-12-13(14)8-19(18(12)21)4-6-25(7-5-19)17-11-23-15-9-22-10-16(15)24-17;/h1-3,9,11,18H,4-8,10,21H2;1H4/t18-;/m1./s1. The number of rotatable bonds is 1. The van der Waals surface area contributed by atoms with Crippen LogP contribution in [0.5, 0.6) is 0 Å². The molecule has 0 bridgehead atoms. The Hall–Kier alpha value is -2.34. The van der Waals surface area contributed by atoms with Crippen molar-refractivity contribution in [1.82, 2.24) is 9.97 Å². The fourth-order valence-electron chi connectivity index (χ4n) is 4.54. The second-order valence-electron chi connectivity index (χ2n) is 7.34. The van der Waals surface area contributed by atoms with Crippen LogP contribution in [0.2, 0.25) is 0 Å². The first-order chi connectivity index (χ1) is 12.2. The van der Waals surface area contributed by atoms with Gasteiger partial charge < -0.3 is 10.6 Å². The molecule has 2 aliphatic heterocycles. The number of aromatic nitrogens is 2. The molecule has 0 amide bonds. The second-order valence-corrected chi connectivity index (χ2v) is 7.34. The van der Waals surface area contributed by atoms with Crippen LogP contribution in [0.3, 0.4) is 0 Å². The van der Waals surface area contributed by atoms with Crippen LogP contribution in [0.25, 0.3) is 0 Å². The monoisotopic (exact) mass is 353 g/mol. The molecule has 6 heteroatoms. The minimum atomic E-state index is -0.114. The number of benzene rings is 1. The molecular weight excluding hydrogens is 329 g/mol. The predicted molar refractivity (Wildman–Crippen MR) is 101 cm³/mol. The van der Waals surface area contributed by atoms with E-state index in [2.05, 4.69) is 14.9 Å². The molecule has 1 spiro atoms. The van der Waals surface area contributed by atoms with Crippen molar-refractivity contribution in [1.29, 1.82) is 0 Å². The highest BCUT2D eigenvalue weighted by Crippen LogP contribution is 2.51. The van der Waals surface area contributed by atoms with Gasteiger partial charge in [0.1, 0.15) is 17.3 Å². The van der Waals surface area contributed by atoms with Gasteiger partial charge >= 0.3 is 0 Å². The summed E-state index contributed by atoms with van der Waals surface area (Å²) in [6.07, 6.45) is 6.24. The van der Waals surface area contributed by atoms with Crippen LogP contribution in [-0.2, 0) is 13.0 Å². The lowest BCUT2D eigenvalue weighted by molar-refractivity contribution is 0.186. The molecule has 0 saturated carbocycles. The van der Waals surface area contributed by atoms with Crippen LogP contribution in [0.4, 0.5) is 10.2 Å². The normalized spacial score (nSPS) is 22.2. The molecule has 3 heterocycles. The number of aliphatic imine (C=N–C) groups is 1. The summed E-state index contributed by atoms with van der Waals surface area (Å²) >= 11 is 0. The zero-order valence-electron chi connectivity index (χ0n) is 14.0. The first-order valence-corrected chi connectivity index (χ1v) is 8.80. The van der Waals surface area contributed by atoms with Crippen molar-refractivity contribution in [3.8, 4) is 0 Å². The first-order valence-electron chi connectivity index (χ1n) is 8.80. The molecule has 5 rings (SSSR count). The van der Waals surface area contributed by atoms with Crippen LogP contribution in [0.15, 0.2) is 29.4 Å². The Balaban J connectivity index is 0.00000168. The molecule has 2 N–H and O–H groups in total. The van der Waals surface area contributed by atoms with E-state index in [1.54, 1.807) is 18.3 Å². The van der Waals surface area contributed by atoms with Gasteiger partial charge in [0.25, 0.3) is 0 Å². The van der Waals surface area contributed by atoms with Crippen LogP contribution < -0.4 is 10.6 Å². The summed E-state index contributed by atoms with van der Waals surface area (Å²) in [5.41, 5.74) is 10.2. The quantitative estimate of drug-likeness (QED) is 0.856. The van der Waals surface area contributed by atoms with Crippen molar-refractivity contribution in [2.45, 2.75) is 39.3 Å². The Morgan fingerprint density at radius 1 is 1.23 bits per heavy atom. The largest absolute Gasteiger partial charge is 0.355 e. The van der Waals surface area contributed by atoms with Crippen LogP contribution in [0, 0.1) is 11.2 Å². The lowest BCUT2D eigenvalue weighted by Crippen LogP contribution is -2.44. The van der Waals surface area contributed by atoms with Crippen LogP contribution in [0.1, 0.15) is 48.8 Å². The van der Waals surface area contributed by atoms with E-state index in [4.69, 9.17) is 10.7 Å². The van der Waals surface area contributed by atoms with Crippen molar-refractivity contribution in [3.05, 3.63) is 52.7 Å². The van der Waals surface area contributed by atoms with Gasteiger partial charge in [0.2, 0.25) is 0 Å². The maximum atomic E-state index is 14.2. The first kappa shape index (κ1) is 17.1. The van der Waals surface area contributed by atoms with Crippen LogP contribution in [-0.4, -0.2) is 29.3 Å². The van der Waals surface area contributed by atoms with Gasteiger partial charge in [-0.2, -0.15) is 0 Å². The molecule has 1 fully saturated rings. The highest BCUT2D eigenvalue weighted by atomic mass is 19.1. The fraction of sp³-hybridized carbons (Fsp3) is 0.450. The maximum Gasteiger partial charge on any atom is 0.147 e. The van der Waals surface area contributed by atoms with Crippen molar-refractivity contribution < 1.29 is 4.39 Å². The molecule has 136 valence electrons. The topological polar surface area (TPSA) is 67.4 Å². The summed E-state index contributed by atoms with van der Waals surface area (Å²) in [6.45, 7) is 2.36. The van der Waals surface area contributed by atoms with Crippen LogP contribution >= 0.6 is 0 Å². The van der Waals surface area contributed by atoms with E-state index in [0.29, 0.717) is 6.54 Å². The summed E-state index contributed by atoms with van der Waals surface area (Å²) in [5, 5.41) is 0. The second kappa shape index (κ2) is 6.13. The molecule has 1 aromatic heterocycles. The lowest BCUT2D eigenvalue weighted by atomic mass is 9.73. The van der Waals surface area contributed by atoms with Gasteiger partial charge in [0, 0.05) is 25.3 Å². The van der Waals surface area contributed by atoms with Crippen molar-refractivity contribution in [3.63, 3.8) is 0 Å². The number of hydrogen-bond acceptors (Lipinski definition) is 5. The number of piperidine rings is 1. The van der Waals surface area contributed by atoms with E-state index in [-0.39, 0.29) is 24.7 Å². The van der Waals surface area contributed by atoms with E-state index in [9.17, 15) is 4.39 Å². The van der Waals surface area contributed by atoms with Gasteiger partial charge in [-0.25, -0.2) is 14.4 Å². The average molecular weight is 353 g/mol. The molecule has 1 saturated heterocycles. The molecule has 1 aromatic carbocycles. The Morgan fingerprint density at radius 3 is 2.81 bits per heavy atom. The Bertz CT molecular complexity index is 871. The Labute approximate surface area is 153 Å². The van der Waals surface area contributed by atoms with Crippen molar-refractivity contribution >= 4 is 12.0 Å². The summed E-state index contributed by atoms with van der Waals surface area (Å²) in [5.74, 6) is 0.797. The van der Waals surface area contributed by atoms with Crippen molar-refractivity contribution in [2.24, 2.45) is 16.1 Å². The highest BCUT2D eigenvalue weighted by molar-refractivity contribution is 5.81. The van der Waals surface area contributed by atoms with E-state index in [0.717, 1.165) is 60.7 Å². The van der Waals surface area contributed by atoms with Gasteiger partial charge in [-0.15, -0.1) is 0 Å². The minimum absolute atomic E-state index is 0. The average Bonchev–Trinajstić information content (AvgIpc) is 3.20. The van der Waals surface area contributed by atoms with Gasteiger partial charge in [0.15, 0.2) is 0 Å². The molecule has 2 aromatic rings. The number of anilines is 1. The van der Waals surface area contributed by atoms with E-state index in [1.165, 1.54) is 0 Å². The van der Waals surface area contributed by atoms with E-state index >= 15 is 0 Å². The highest BCUT2D eigenvalue weighted by Gasteiger charge is 2.47. The molecular formula is C20H24FN5. The maximum absolute atomic E-state index is 14.2. The number of fused-ring (bicyclic) bond motifs is 2. The summed E-state index contributed by atoms with van der Waals surface area (Å²) in [6, 6.07) is 5.21. The Morgan fingerprint density at radius 2 is 2.04 bits per heavy atom. The summed E-state index contributed by atoms with van der Waals surface area (Å²) in [4.78, 5) is 15.6. The van der Waals surface area contributed by atoms with Gasteiger partial charge in [-0.1, -0.05) is 19.6 Å². The third-order valence-electron chi connectivity index (χ3n) is 6.08. The lowest BCUT2D eigenvalue weighted by Gasteiger charge is -2.42. The molecule has 26 heavy (non-hydrogen) atoms. The molecule has 3 aliphatic rings. The molecule has 1 aliphatic carbocycles. The minimum Gasteiger partial charge on any atom is -0.355 e. The molecule has 5 nitrogen and oxygen atoms in total.